The predicted octanol–water partition coefficient (Wildman–Crippen LogP) is 3.31. The molecule has 1 heterocycles. The quantitative estimate of drug-likeness (QED) is 0.604. The summed E-state index contributed by atoms with van der Waals surface area (Å²) in [6.45, 7) is 9.74. The minimum Gasteiger partial charge on any atom is -0.396 e. The lowest BCUT2D eigenvalue weighted by Crippen LogP contribution is -2.60. The average Bonchev–Trinajstić information content (AvgIpc) is 3.12. The first-order valence-electron chi connectivity index (χ1n) is 12.0. The molecule has 0 aliphatic heterocycles. The van der Waals surface area contributed by atoms with E-state index in [0.29, 0.717) is 23.3 Å². The molecule has 1 aromatic rings. The molecule has 2 atom stereocenters. The summed E-state index contributed by atoms with van der Waals surface area (Å²) in [6, 6.07) is 0.191. The van der Waals surface area contributed by atoms with Gasteiger partial charge in [0.05, 0.1) is 23.0 Å². The van der Waals surface area contributed by atoms with Crippen LogP contribution in [0, 0.1) is 23.2 Å². The van der Waals surface area contributed by atoms with Crippen molar-refractivity contribution in [3.63, 3.8) is 0 Å². The number of carbonyl (C=O) groups is 2. The minimum absolute atomic E-state index is 0.0509. The maximum absolute atomic E-state index is 13.4. The van der Waals surface area contributed by atoms with Gasteiger partial charge in [0.1, 0.15) is 0 Å². The molecule has 2 amide bonds. The fourth-order valence-electron chi connectivity index (χ4n) is 6.84. The van der Waals surface area contributed by atoms with Gasteiger partial charge in [-0.2, -0.15) is 5.10 Å². The van der Waals surface area contributed by atoms with Crippen LogP contribution in [-0.4, -0.2) is 44.9 Å². The van der Waals surface area contributed by atoms with Crippen molar-refractivity contribution in [2.45, 2.75) is 84.2 Å². The Balaban J connectivity index is 1.52. The van der Waals surface area contributed by atoms with Crippen molar-refractivity contribution in [1.29, 1.82) is 0 Å². The van der Waals surface area contributed by atoms with Gasteiger partial charge in [0.15, 0.2) is 0 Å². The predicted molar refractivity (Wildman–Crippen MR) is 124 cm³/mol. The average molecular weight is 443 g/mol. The van der Waals surface area contributed by atoms with Gasteiger partial charge in [0, 0.05) is 25.8 Å². The summed E-state index contributed by atoms with van der Waals surface area (Å²) in [6.07, 6.45) is 10.9. The molecule has 7 nitrogen and oxygen atoms in total. The second-order valence-electron chi connectivity index (χ2n) is 11.4. The van der Waals surface area contributed by atoms with Gasteiger partial charge in [-0.05, 0) is 81.1 Å². The highest BCUT2D eigenvalue weighted by molar-refractivity contribution is 5.95. The molecule has 4 bridgehead atoms. The number of rotatable bonds is 7. The molecule has 176 valence electrons. The number of hydrogen-bond donors (Lipinski definition) is 3. The summed E-state index contributed by atoms with van der Waals surface area (Å²) in [5.74, 6) is 1.61. The largest absolute Gasteiger partial charge is 0.396 e. The SMILES string of the molecule is CC(=O)NC(C)(C)C=Cn1ncc(C(=O)NC2C3CC4CC2CC(CO)(C4)C3)c1C(C)C. The first-order valence-corrected chi connectivity index (χ1v) is 12.0. The fourth-order valence-corrected chi connectivity index (χ4v) is 6.84. The lowest BCUT2D eigenvalue weighted by Gasteiger charge is -2.59. The van der Waals surface area contributed by atoms with E-state index >= 15 is 0 Å². The van der Waals surface area contributed by atoms with Crippen molar-refractivity contribution in [2.75, 3.05) is 6.61 Å². The number of nitrogens with zero attached hydrogens (tertiary/aromatic N) is 2. The van der Waals surface area contributed by atoms with Crippen LogP contribution in [0.1, 0.15) is 88.7 Å². The highest BCUT2D eigenvalue weighted by Crippen LogP contribution is 2.59. The highest BCUT2D eigenvalue weighted by Gasteiger charge is 2.55. The molecule has 7 heteroatoms. The zero-order valence-electron chi connectivity index (χ0n) is 20.0. The molecule has 4 aliphatic rings. The van der Waals surface area contributed by atoms with E-state index in [4.69, 9.17) is 0 Å². The van der Waals surface area contributed by atoms with E-state index in [-0.39, 0.29) is 35.8 Å². The van der Waals surface area contributed by atoms with Crippen molar-refractivity contribution >= 4 is 18.0 Å². The van der Waals surface area contributed by atoms with Crippen LogP contribution in [0.5, 0.6) is 0 Å². The third-order valence-corrected chi connectivity index (χ3v) is 7.79. The number of aliphatic hydroxyl groups excluding tert-OH is 1. The van der Waals surface area contributed by atoms with Gasteiger partial charge in [-0.3, -0.25) is 9.59 Å². The molecule has 32 heavy (non-hydrogen) atoms. The molecular weight excluding hydrogens is 404 g/mol. The molecule has 0 spiro atoms. The summed E-state index contributed by atoms with van der Waals surface area (Å²) in [5.41, 5.74) is 1.06. The summed E-state index contributed by atoms with van der Waals surface area (Å²) >= 11 is 0. The Morgan fingerprint density at radius 3 is 2.50 bits per heavy atom. The van der Waals surface area contributed by atoms with E-state index in [0.717, 1.165) is 25.0 Å². The van der Waals surface area contributed by atoms with Gasteiger partial charge in [-0.15, -0.1) is 0 Å². The fraction of sp³-hybridized carbons (Fsp3) is 0.720. The second-order valence-corrected chi connectivity index (χ2v) is 11.4. The van der Waals surface area contributed by atoms with Crippen LogP contribution in [-0.2, 0) is 4.79 Å². The lowest BCUT2D eigenvalue weighted by molar-refractivity contribution is -0.120. The molecule has 4 fully saturated rings. The maximum Gasteiger partial charge on any atom is 0.255 e. The molecule has 0 saturated heterocycles. The van der Waals surface area contributed by atoms with Crippen molar-refractivity contribution in [2.24, 2.45) is 23.2 Å². The number of amides is 2. The molecular formula is C25H38N4O3. The molecule has 0 radical (unpaired) electrons. The van der Waals surface area contributed by atoms with Crippen LogP contribution in [0.15, 0.2) is 12.3 Å². The zero-order chi connectivity index (χ0) is 23.3. The third kappa shape index (κ3) is 4.36. The van der Waals surface area contributed by atoms with E-state index in [1.807, 2.05) is 26.1 Å². The summed E-state index contributed by atoms with van der Waals surface area (Å²) < 4.78 is 1.75. The molecule has 4 saturated carbocycles. The van der Waals surface area contributed by atoms with Gasteiger partial charge in [-0.25, -0.2) is 4.68 Å². The number of aromatic nitrogens is 2. The van der Waals surface area contributed by atoms with Crippen LogP contribution in [0.3, 0.4) is 0 Å². The van der Waals surface area contributed by atoms with Gasteiger partial charge in [-0.1, -0.05) is 13.8 Å². The molecule has 1 aromatic heterocycles. The molecule has 4 aliphatic carbocycles. The molecule has 3 N–H and O–H groups in total. The van der Waals surface area contributed by atoms with Gasteiger partial charge in [0.2, 0.25) is 5.91 Å². The van der Waals surface area contributed by atoms with Gasteiger partial charge in [0.25, 0.3) is 5.91 Å². The zero-order valence-corrected chi connectivity index (χ0v) is 20.0. The van der Waals surface area contributed by atoms with Crippen molar-refractivity contribution in [1.82, 2.24) is 20.4 Å². The Bertz CT molecular complexity index is 900. The first kappa shape index (κ1) is 23.0. The molecule has 2 unspecified atom stereocenters. The van der Waals surface area contributed by atoms with Gasteiger partial charge >= 0.3 is 0 Å². The van der Waals surface area contributed by atoms with E-state index in [1.165, 1.54) is 19.8 Å². The van der Waals surface area contributed by atoms with Crippen molar-refractivity contribution in [3.8, 4) is 0 Å². The van der Waals surface area contributed by atoms with Crippen molar-refractivity contribution in [3.05, 3.63) is 23.5 Å². The van der Waals surface area contributed by atoms with Crippen LogP contribution in [0.2, 0.25) is 0 Å². The van der Waals surface area contributed by atoms with Crippen LogP contribution in [0.4, 0.5) is 0 Å². The van der Waals surface area contributed by atoms with Crippen LogP contribution in [0.25, 0.3) is 6.20 Å². The third-order valence-electron chi connectivity index (χ3n) is 7.79. The number of nitrogens with one attached hydrogen (secondary N) is 2. The van der Waals surface area contributed by atoms with Crippen LogP contribution >= 0.6 is 0 Å². The number of carbonyl (C=O) groups excluding carboxylic acids is 2. The van der Waals surface area contributed by atoms with E-state index < -0.39 is 5.54 Å². The second kappa shape index (κ2) is 8.32. The minimum atomic E-state index is -0.516. The number of aliphatic hydroxyl groups is 1. The van der Waals surface area contributed by atoms with E-state index in [2.05, 4.69) is 29.6 Å². The monoisotopic (exact) mass is 442 g/mol. The van der Waals surface area contributed by atoms with Crippen molar-refractivity contribution < 1.29 is 14.7 Å². The summed E-state index contributed by atoms with van der Waals surface area (Å²) in [5, 5.41) is 20.7. The summed E-state index contributed by atoms with van der Waals surface area (Å²) in [7, 11) is 0. The smallest absolute Gasteiger partial charge is 0.255 e. The first-order chi connectivity index (χ1) is 15.0. The summed E-state index contributed by atoms with van der Waals surface area (Å²) in [4.78, 5) is 24.8. The standard InChI is InChI=1S/C25H38N4O3/c1-15(2)22-20(13-26-29(22)7-6-24(4,5)28-16(3)31)23(32)27-21-18-8-17-9-19(21)12-25(10-17,11-18)14-30/h6-7,13,15,17-19,21,30H,8-12,14H2,1-5H3,(H,27,32)(H,28,31). The Kier molecular flexibility index (Phi) is 5.99. The van der Waals surface area contributed by atoms with E-state index in [1.54, 1.807) is 10.9 Å². The Labute approximate surface area is 191 Å². The number of hydrogen-bond acceptors (Lipinski definition) is 4. The maximum atomic E-state index is 13.4. The Morgan fingerprint density at radius 2 is 1.94 bits per heavy atom. The van der Waals surface area contributed by atoms with Gasteiger partial charge < -0.3 is 15.7 Å². The highest BCUT2D eigenvalue weighted by atomic mass is 16.3. The Morgan fingerprint density at radius 1 is 1.28 bits per heavy atom. The normalized spacial score (nSPS) is 31.5. The Hall–Kier alpha value is -2.15. The molecule has 5 rings (SSSR count). The van der Waals surface area contributed by atoms with E-state index in [9.17, 15) is 14.7 Å². The topological polar surface area (TPSA) is 96.2 Å². The van der Waals surface area contributed by atoms with Crippen LogP contribution < -0.4 is 10.6 Å². The molecule has 0 aromatic carbocycles. The lowest BCUT2D eigenvalue weighted by atomic mass is 9.48.